The van der Waals surface area contributed by atoms with E-state index in [4.69, 9.17) is 10.5 Å². The van der Waals surface area contributed by atoms with E-state index >= 15 is 0 Å². The van der Waals surface area contributed by atoms with E-state index in [2.05, 4.69) is 35.0 Å². The highest BCUT2D eigenvalue weighted by Crippen LogP contribution is 2.24. The average molecular weight is 320 g/mol. The van der Waals surface area contributed by atoms with Crippen LogP contribution in [-0.4, -0.2) is 6.04 Å². The molecule has 0 saturated carbocycles. The van der Waals surface area contributed by atoms with Crippen molar-refractivity contribution < 1.29 is 4.74 Å². The van der Waals surface area contributed by atoms with Crippen molar-refractivity contribution in [2.75, 3.05) is 0 Å². The molecule has 2 nitrogen and oxygen atoms in total. The molecule has 0 aromatic heterocycles. The third kappa shape index (κ3) is 4.37. The average Bonchev–Trinajstić information content (AvgIpc) is 2.41. The molecule has 2 aromatic carbocycles. The Balaban J connectivity index is 2.02. The van der Waals surface area contributed by atoms with E-state index in [1.807, 2.05) is 36.4 Å². The van der Waals surface area contributed by atoms with Crippen molar-refractivity contribution in [2.45, 2.75) is 25.8 Å². The second-order valence-corrected chi connectivity index (χ2v) is 5.49. The molecule has 3 heteroatoms. The van der Waals surface area contributed by atoms with Crippen molar-refractivity contribution in [3.05, 3.63) is 58.6 Å². The van der Waals surface area contributed by atoms with Crippen LogP contribution in [0.15, 0.2) is 53.0 Å². The normalized spacial score (nSPS) is 12.2. The molecule has 1 atom stereocenters. The fourth-order valence-corrected chi connectivity index (χ4v) is 2.19. The predicted molar refractivity (Wildman–Crippen MR) is 82.6 cm³/mol. The summed E-state index contributed by atoms with van der Waals surface area (Å²) in [6.45, 7) is 2.11. The standard InChI is InChI=1S/C16H18BrNO/c1-2-14(18)10-12-6-8-15(9-7-12)19-16-5-3-4-13(17)11-16/h3-9,11,14H,2,10,18H2,1H3. The van der Waals surface area contributed by atoms with Gasteiger partial charge in [0, 0.05) is 10.5 Å². The highest BCUT2D eigenvalue weighted by atomic mass is 79.9. The lowest BCUT2D eigenvalue weighted by atomic mass is 10.0. The Hall–Kier alpha value is -1.32. The van der Waals surface area contributed by atoms with E-state index < -0.39 is 0 Å². The molecule has 19 heavy (non-hydrogen) atoms. The summed E-state index contributed by atoms with van der Waals surface area (Å²) in [6.07, 6.45) is 1.91. The fraction of sp³-hybridized carbons (Fsp3) is 0.250. The lowest BCUT2D eigenvalue weighted by Crippen LogP contribution is -2.21. The molecule has 2 rings (SSSR count). The van der Waals surface area contributed by atoms with Crippen LogP contribution in [0.2, 0.25) is 0 Å². The maximum absolute atomic E-state index is 5.95. The Labute approximate surface area is 122 Å². The number of halogens is 1. The summed E-state index contributed by atoms with van der Waals surface area (Å²) in [4.78, 5) is 0. The summed E-state index contributed by atoms with van der Waals surface area (Å²) >= 11 is 3.43. The minimum Gasteiger partial charge on any atom is -0.457 e. The van der Waals surface area contributed by atoms with Gasteiger partial charge in [0.2, 0.25) is 0 Å². The first-order valence-corrected chi connectivity index (χ1v) is 7.24. The summed E-state index contributed by atoms with van der Waals surface area (Å²) in [5.74, 6) is 1.67. The Bertz CT molecular complexity index is 525. The smallest absolute Gasteiger partial charge is 0.128 e. The maximum Gasteiger partial charge on any atom is 0.128 e. The first-order chi connectivity index (χ1) is 9.17. The zero-order valence-electron chi connectivity index (χ0n) is 11.0. The van der Waals surface area contributed by atoms with Crippen LogP contribution in [0, 0.1) is 0 Å². The van der Waals surface area contributed by atoms with Crippen LogP contribution in [0.25, 0.3) is 0 Å². The van der Waals surface area contributed by atoms with Crippen molar-refractivity contribution in [1.29, 1.82) is 0 Å². The molecule has 2 aromatic rings. The quantitative estimate of drug-likeness (QED) is 0.879. The van der Waals surface area contributed by atoms with E-state index in [-0.39, 0.29) is 6.04 Å². The maximum atomic E-state index is 5.95. The van der Waals surface area contributed by atoms with E-state index in [0.29, 0.717) is 0 Å². The van der Waals surface area contributed by atoms with Gasteiger partial charge in [-0.2, -0.15) is 0 Å². The van der Waals surface area contributed by atoms with Crippen LogP contribution in [-0.2, 0) is 6.42 Å². The summed E-state index contributed by atoms with van der Waals surface area (Å²) in [6, 6.07) is 16.2. The van der Waals surface area contributed by atoms with Crippen molar-refractivity contribution in [3.8, 4) is 11.5 Å². The van der Waals surface area contributed by atoms with E-state index in [1.165, 1.54) is 5.56 Å². The second-order valence-electron chi connectivity index (χ2n) is 4.58. The van der Waals surface area contributed by atoms with Crippen LogP contribution < -0.4 is 10.5 Å². The molecule has 100 valence electrons. The van der Waals surface area contributed by atoms with E-state index in [0.717, 1.165) is 28.8 Å². The van der Waals surface area contributed by atoms with Gasteiger partial charge in [-0.25, -0.2) is 0 Å². The molecule has 1 unspecified atom stereocenters. The number of hydrogen-bond donors (Lipinski definition) is 1. The zero-order valence-corrected chi connectivity index (χ0v) is 12.6. The lowest BCUT2D eigenvalue weighted by Gasteiger charge is -2.10. The van der Waals surface area contributed by atoms with Crippen molar-refractivity contribution in [3.63, 3.8) is 0 Å². The van der Waals surface area contributed by atoms with Gasteiger partial charge in [0.15, 0.2) is 0 Å². The summed E-state index contributed by atoms with van der Waals surface area (Å²) in [5.41, 5.74) is 7.19. The number of rotatable bonds is 5. The molecule has 0 heterocycles. The van der Waals surface area contributed by atoms with Crippen LogP contribution in [0.5, 0.6) is 11.5 Å². The molecule has 0 amide bonds. The number of benzene rings is 2. The van der Waals surface area contributed by atoms with Crippen molar-refractivity contribution in [2.24, 2.45) is 5.73 Å². The Kier molecular flexibility index (Phi) is 5.00. The van der Waals surface area contributed by atoms with Gasteiger partial charge in [0.25, 0.3) is 0 Å². The molecule has 0 aliphatic heterocycles. The van der Waals surface area contributed by atoms with Crippen LogP contribution in [0.4, 0.5) is 0 Å². The molecule has 0 saturated heterocycles. The number of ether oxygens (including phenoxy) is 1. The minimum atomic E-state index is 0.233. The van der Waals surface area contributed by atoms with Crippen LogP contribution >= 0.6 is 15.9 Å². The third-order valence-corrected chi connectivity index (χ3v) is 3.47. The van der Waals surface area contributed by atoms with Gasteiger partial charge in [-0.1, -0.05) is 41.1 Å². The van der Waals surface area contributed by atoms with Gasteiger partial charge >= 0.3 is 0 Å². The summed E-state index contributed by atoms with van der Waals surface area (Å²) < 4.78 is 6.79. The van der Waals surface area contributed by atoms with Crippen LogP contribution in [0.3, 0.4) is 0 Å². The molecule has 0 fully saturated rings. The molecule has 0 aliphatic carbocycles. The lowest BCUT2D eigenvalue weighted by molar-refractivity contribution is 0.482. The largest absolute Gasteiger partial charge is 0.457 e. The molecule has 0 spiro atoms. The highest BCUT2D eigenvalue weighted by molar-refractivity contribution is 9.10. The van der Waals surface area contributed by atoms with Gasteiger partial charge in [-0.15, -0.1) is 0 Å². The minimum absolute atomic E-state index is 0.233. The van der Waals surface area contributed by atoms with Gasteiger partial charge in [0.1, 0.15) is 11.5 Å². The van der Waals surface area contributed by atoms with Crippen molar-refractivity contribution >= 4 is 15.9 Å². The topological polar surface area (TPSA) is 35.2 Å². The predicted octanol–water partition coefficient (Wildman–Crippen LogP) is 4.52. The second kappa shape index (κ2) is 6.73. The van der Waals surface area contributed by atoms with Crippen LogP contribution in [0.1, 0.15) is 18.9 Å². The Morgan fingerprint density at radius 2 is 1.84 bits per heavy atom. The highest BCUT2D eigenvalue weighted by Gasteiger charge is 2.02. The van der Waals surface area contributed by atoms with E-state index in [9.17, 15) is 0 Å². The van der Waals surface area contributed by atoms with Gasteiger partial charge < -0.3 is 10.5 Å². The monoisotopic (exact) mass is 319 g/mol. The van der Waals surface area contributed by atoms with Gasteiger partial charge in [0.05, 0.1) is 0 Å². The first-order valence-electron chi connectivity index (χ1n) is 6.45. The van der Waals surface area contributed by atoms with Gasteiger partial charge in [-0.05, 0) is 48.7 Å². The SMILES string of the molecule is CCC(N)Cc1ccc(Oc2cccc(Br)c2)cc1. The molecule has 0 radical (unpaired) electrons. The first kappa shape index (κ1) is 14.1. The molecular formula is C16H18BrNO. The van der Waals surface area contributed by atoms with Crippen molar-refractivity contribution in [1.82, 2.24) is 0 Å². The summed E-state index contributed by atoms with van der Waals surface area (Å²) in [5, 5.41) is 0. The molecular weight excluding hydrogens is 302 g/mol. The third-order valence-electron chi connectivity index (χ3n) is 2.98. The zero-order chi connectivity index (χ0) is 13.7. The van der Waals surface area contributed by atoms with Gasteiger partial charge in [-0.3, -0.25) is 0 Å². The number of nitrogens with two attached hydrogens (primary N) is 1. The van der Waals surface area contributed by atoms with E-state index in [1.54, 1.807) is 0 Å². The molecule has 0 bridgehead atoms. The number of hydrogen-bond acceptors (Lipinski definition) is 2. The molecule has 0 aliphatic rings. The Morgan fingerprint density at radius 3 is 2.47 bits per heavy atom. The fourth-order valence-electron chi connectivity index (χ4n) is 1.81. The summed E-state index contributed by atoms with van der Waals surface area (Å²) in [7, 11) is 0. The molecule has 2 N–H and O–H groups in total. The Morgan fingerprint density at radius 1 is 1.11 bits per heavy atom.